The predicted molar refractivity (Wildman–Crippen MR) is 85.4 cm³/mol. The van der Waals surface area contributed by atoms with Gasteiger partial charge in [0.1, 0.15) is 0 Å². The molecular formula is C16H25ClN2O. The smallest absolute Gasteiger partial charge is 0.236 e. The Balaban J connectivity index is 0.00000200. The van der Waals surface area contributed by atoms with Gasteiger partial charge in [0.15, 0.2) is 0 Å². The Morgan fingerprint density at radius 1 is 1.40 bits per heavy atom. The van der Waals surface area contributed by atoms with E-state index in [0.29, 0.717) is 18.5 Å². The summed E-state index contributed by atoms with van der Waals surface area (Å²) in [7, 11) is 1.83. The molecule has 0 bridgehead atoms. The third-order valence-corrected chi connectivity index (χ3v) is 4.08. The van der Waals surface area contributed by atoms with Crippen molar-refractivity contribution in [1.82, 2.24) is 10.2 Å². The molecule has 0 aliphatic carbocycles. The highest BCUT2D eigenvalue weighted by Crippen LogP contribution is 2.33. The monoisotopic (exact) mass is 296 g/mol. The summed E-state index contributed by atoms with van der Waals surface area (Å²) in [6.07, 6.45) is 3.34. The number of halogens is 1. The second-order valence-electron chi connectivity index (χ2n) is 5.25. The van der Waals surface area contributed by atoms with Crippen molar-refractivity contribution in [3.63, 3.8) is 0 Å². The molecule has 3 nitrogen and oxygen atoms in total. The normalized spacial score (nSPS) is 19.5. The molecule has 1 N–H and O–H groups in total. The van der Waals surface area contributed by atoms with Gasteiger partial charge in [0.2, 0.25) is 5.91 Å². The first-order valence-corrected chi connectivity index (χ1v) is 7.27. The molecular weight excluding hydrogens is 272 g/mol. The van der Waals surface area contributed by atoms with E-state index < -0.39 is 0 Å². The lowest BCUT2D eigenvalue weighted by Gasteiger charge is -2.31. The van der Waals surface area contributed by atoms with Crippen molar-refractivity contribution >= 4 is 18.3 Å². The molecule has 1 heterocycles. The number of nitrogens with zero attached hydrogens (tertiary/aromatic N) is 1. The Kier molecular flexibility index (Phi) is 7.03. The van der Waals surface area contributed by atoms with Gasteiger partial charge in [0.05, 0.1) is 6.54 Å². The van der Waals surface area contributed by atoms with Crippen LogP contribution in [0.2, 0.25) is 0 Å². The van der Waals surface area contributed by atoms with Gasteiger partial charge in [0.25, 0.3) is 0 Å². The molecule has 1 saturated heterocycles. The number of hydrogen-bond donors (Lipinski definition) is 1. The quantitative estimate of drug-likeness (QED) is 0.906. The van der Waals surface area contributed by atoms with Gasteiger partial charge >= 0.3 is 0 Å². The zero-order valence-corrected chi connectivity index (χ0v) is 13.2. The maximum Gasteiger partial charge on any atom is 0.236 e. The molecule has 1 fully saturated rings. The molecule has 112 valence electrons. The van der Waals surface area contributed by atoms with Crippen LogP contribution in [0.25, 0.3) is 0 Å². The largest absolute Gasteiger partial charge is 0.338 e. The van der Waals surface area contributed by atoms with Crippen LogP contribution < -0.4 is 5.32 Å². The summed E-state index contributed by atoms with van der Waals surface area (Å²) < 4.78 is 0. The average Bonchev–Trinajstić information content (AvgIpc) is 2.90. The minimum atomic E-state index is 0. The number of likely N-dealkylation sites (tertiary alicyclic amines) is 1. The van der Waals surface area contributed by atoms with Crippen LogP contribution >= 0.6 is 12.4 Å². The highest BCUT2D eigenvalue weighted by Gasteiger charge is 2.34. The van der Waals surface area contributed by atoms with Crippen molar-refractivity contribution < 1.29 is 4.79 Å². The second-order valence-corrected chi connectivity index (χ2v) is 5.25. The van der Waals surface area contributed by atoms with Crippen LogP contribution in [0.3, 0.4) is 0 Å². The van der Waals surface area contributed by atoms with Crippen molar-refractivity contribution in [3.8, 4) is 0 Å². The molecule has 1 amide bonds. The molecule has 2 rings (SSSR count). The van der Waals surface area contributed by atoms with Crippen LogP contribution in [0.4, 0.5) is 0 Å². The van der Waals surface area contributed by atoms with E-state index in [-0.39, 0.29) is 18.3 Å². The van der Waals surface area contributed by atoms with Gasteiger partial charge in [-0.2, -0.15) is 0 Å². The van der Waals surface area contributed by atoms with Gasteiger partial charge in [-0.1, -0.05) is 37.3 Å². The first-order valence-electron chi connectivity index (χ1n) is 7.27. The van der Waals surface area contributed by atoms with E-state index in [1.807, 2.05) is 7.05 Å². The van der Waals surface area contributed by atoms with Crippen LogP contribution in [0.15, 0.2) is 30.3 Å². The van der Waals surface area contributed by atoms with Gasteiger partial charge in [0, 0.05) is 18.5 Å². The summed E-state index contributed by atoms with van der Waals surface area (Å²) in [5.41, 5.74) is 1.36. The topological polar surface area (TPSA) is 32.3 Å². The molecule has 1 aromatic rings. The van der Waals surface area contributed by atoms with Crippen molar-refractivity contribution in [1.29, 1.82) is 0 Å². The summed E-state index contributed by atoms with van der Waals surface area (Å²) in [4.78, 5) is 14.3. The maximum atomic E-state index is 12.2. The number of carbonyl (C=O) groups excluding carboxylic acids is 1. The first-order chi connectivity index (χ1) is 9.27. The molecule has 1 aliphatic heterocycles. The summed E-state index contributed by atoms with van der Waals surface area (Å²) in [5, 5.41) is 2.97. The lowest BCUT2D eigenvalue weighted by Crippen LogP contribution is -2.42. The third-order valence-electron chi connectivity index (χ3n) is 4.08. The van der Waals surface area contributed by atoms with E-state index in [0.717, 1.165) is 25.8 Å². The second kappa shape index (κ2) is 8.28. The molecule has 0 spiro atoms. The Morgan fingerprint density at radius 3 is 2.70 bits per heavy atom. The van der Waals surface area contributed by atoms with Gasteiger partial charge in [-0.15, -0.1) is 12.4 Å². The van der Waals surface area contributed by atoms with Crippen LogP contribution in [-0.2, 0) is 4.79 Å². The Bertz CT molecular complexity index is 410. The van der Waals surface area contributed by atoms with E-state index in [4.69, 9.17) is 0 Å². The third kappa shape index (κ3) is 3.74. The summed E-state index contributed by atoms with van der Waals surface area (Å²) in [5.74, 6) is 0.698. The van der Waals surface area contributed by atoms with E-state index in [1.54, 1.807) is 0 Å². The van der Waals surface area contributed by atoms with Gasteiger partial charge in [-0.25, -0.2) is 0 Å². The molecule has 2 atom stereocenters. The number of rotatable bonds is 5. The van der Waals surface area contributed by atoms with Crippen LogP contribution in [-0.4, -0.2) is 37.0 Å². The fourth-order valence-corrected chi connectivity index (χ4v) is 3.20. The highest BCUT2D eigenvalue weighted by molar-refractivity contribution is 5.85. The molecule has 0 radical (unpaired) electrons. The minimum Gasteiger partial charge on any atom is -0.338 e. The summed E-state index contributed by atoms with van der Waals surface area (Å²) in [6.45, 7) is 3.58. The number of hydrogen-bond acceptors (Lipinski definition) is 2. The van der Waals surface area contributed by atoms with Gasteiger partial charge in [-0.05, 0) is 31.9 Å². The van der Waals surface area contributed by atoms with E-state index >= 15 is 0 Å². The zero-order chi connectivity index (χ0) is 13.7. The summed E-state index contributed by atoms with van der Waals surface area (Å²) >= 11 is 0. The van der Waals surface area contributed by atoms with Gasteiger partial charge in [-0.3, -0.25) is 4.79 Å². The fraction of sp³-hybridized carbons (Fsp3) is 0.562. The number of nitrogens with one attached hydrogen (secondary N) is 1. The molecule has 1 aromatic carbocycles. The lowest BCUT2D eigenvalue weighted by molar-refractivity contribution is -0.131. The standard InChI is InChI=1S/C16H24N2O.ClH/c1-3-14(13-8-5-4-6-9-13)15-10-7-11-18(15)16(19)12-17-2;/h4-6,8-9,14-15,17H,3,7,10-12H2,1-2H3;1H. The van der Waals surface area contributed by atoms with Crippen molar-refractivity contribution in [2.24, 2.45) is 0 Å². The molecule has 0 aromatic heterocycles. The number of benzene rings is 1. The molecule has 0 saturated carbocycles. The van der Waals surface area contributed by atoms with Gasteiger partial charge < -0.3 is 10.2 Å². The SMILES string of the molecule is CCC(c1ccccc1)C1CCCN1C(=O)CNC.Cl. The molecule has 4 heteroatoms. The summed E-state index contributed by atoms with van der Waals surface area (Å²) in [6, 6.07) is 11.0. The van der Waals surface area contributed by atoms with E-state index in [1.165, 1.54) is 5.56 Å². The van der Waals surface area contributed by atoms with Crippen molar-refractivity contribution in [2.45, 2.75) is 38.1 Å². The Hall–Kier alpha value is -1.06. The van der Waals surface area contributed by atoms with Crippen molar-refractivity contribution in [2.75, 3.05) is 20.1 Å². The maximum absolute atomic E-state index is 12.2. The average molecular weight is 297 g/mol. The lowest BCUT2D eigenvalue weighted by atomic mass is 9.87. The molecule has 1 aliphatic rings. The van der Waals surface area contributed by atoms with Crippen LogP contribution in [0.1, 0.15) is 37.7 Å². The molecule has 20 heavy (non-hydrogen) atoms. The minimum absolute atomic E-state index is 0. The predicted octanol–water partition coefficient (Wildman–Crippen LogP) is 2.81. The van der Waals surface area contributed by atoms with E-state index in [2.05, 4.69) is 47.5 Å². The Morgan fingerprint density at radius 2 is 2.10 bits per heavy atom. The Labute approximate surface area is 128 Å². The van der Waals surface area contributed by atoms with Crippen molar-refractivity contribution in [3.05, 3.63) is 35.9 Å². The van der Waals surface area contributed by atoms with Crippen LogP contribution in [0, 0.1) is 0 Å². The van der Waals surface area contributed by atoms with Crippen LogP contribution in [0.5, 0.6) is 0 Å². The number of amides is 1. The van der Waals surface area contributed by atoms with E-state index in [9.17, 15) is 4.79 Å². The highest BCUT2D eigenvalue weighted by atomic mass is 35.5. The number of likely N-dealkylation sites (N-methyl/N-ethyl adjacent to an activating group) is 1. The molecule has 2 unspecified atom stereocenters. The number of carbonyl (C=O) groups is 1. The first kappa shape index (κ1) is 17.0. The fourth-order valence-electron chi connectivity index (χ4n) is 3.20. The zero-order valence-electron chi connectivity index (χ0n) is 12.3.